The molecule has 3 N–H and O–H groups in total. The van der Waals surface area contributed by atoms with Crippen molar-refractivity contribution in [1.82, 2.24) is 0 Å². The zero-order valence-electron chi connectivity index (χ0n) is 37.7. The van der Waals surface area contributed by atoms with Crippen LogP contribution in [0.5, 0.6) is 0 Å². The van der Waals surface area contributed by atoms with E-state index in [1.54, 1.807) is 6.08 Å². The number of allylic oxidation sites excluding steroid dienone is 1. The second kappa shape index (κ2) is 33.8. The maximum absolute atomic E-state index is 13.4. The molecule has 6 atom stereocenters. The predicted octanol–water partition coefficient (Wildman–Crippen LogP) is 12.4. The molecule has 0 amide bonds. The van der Waals surface area contributed by atoms with Gasteiger partial charge >= 0.3 is 19.8 Å². The lowest BCUT2D eigenvalue weighted by atomic mass is 9.63. The van der Waals surface area contributed by atoms with Gasteiger partial charge in [-0.05, 0) is 25.7 Å². The third kappa shape index (κ3) is 23.8. The van der Waals surface area contributed by atoms with Gasteiger partial charge < -0.3 is 24.6 Å². The summed E-state index contributed by atoms with van der Waals surface area (Å²) in [5.41, 5.74) is -1.96. The standard InChI is InChI=1S/C48H87O10P/c1-7-12-14-16-18-20-22-24-26-28-30-32-34-36-44(49)55-38-40(57-45(50)37-35-33-31-29-27-25-23-21-19-17-15-13-8-2)39-56-59(53,54)58-48(6)46(51)42(10-4)41(9-3)43(11-5)47(48)52/h9-11,40-43,46-47,51-52H,3-5,7-8,12-39H2,1-2,6H3,(H,53,54)/t40-,41?,42?,43?,46?,47?,48?/m1/s1. The maximum Gasteiger partial charge on any atom is 0.473 e. The molecule has 0 heterocycles. The van der Waals surface area contributed by atoms with Gasteiger partial charge in [-0.3, -0.25) is 18.6 Å². The van der Waals surface area contributed by atoms with E-state index in [1.807, 2.05) is 0 Å². The highest BCUT2D eigenvalue weighted by Gasteiger charge is 2.57. The Kier molecular flexibility index (Phi) is 31.6. The van der Waals surface area contributed by atoms with Crippen LogP contribution in [0.25, 0.3) is 0 Å². The van der Waals surface area contributed by atoms with Crippen molar-refractivity contribution in [2.24, 2.45) is 17.8 Å². The molecule has 1 aliphatic carbocycles. The van der Waals surface area contributed by atoms with Crippen LogP contribution in [-0.2, 0) is 32.7 Å². The van der Waals surface area contributed by atoms with Gasteiger partial charge in [0.2, 0.25) is 0 Å². The van der Waals surface area contributed by atoms with Crippen molar-refractivity contribution in [2.75, 3.05) is 13.2 Å². The number of carbonyl (C=O) groups excluding carboxylic acids is 2. The number of phosphoric acid groups is 1. The Balaban J connectivity index is 2.65. The number of aliphatic hydroxyl groups is 2. The first kappa shape index (κ1) is 55.2. The van der Waals surface area contributed by atoms with Gasteiger partial charge in [-0.15, -0.1) is 19.7 Å². The Morgan fingerprint density at radius 2 is 0.915 bits per heavy atom. The molecule has 1 aliphatic rings. The number of unbranched alkanes of at least 4 members (excludes halogenated alkanes) is 24. The first-order valence-electron chi connectivity index (χ1n) is 23.7. The van der Waals surface area contributed by atoms with Gasteiger partial charge in [0.05, 0.1) is 18.8 Å². The predicted molar refractivity (Wildman–Crippen MR) is 240 cm³/mol. The summed E-state index contributed by atoms with van der Waals surface area (Å²) in [6, 6.07) is 0. The number of rotatable bonds is 39. The summed E-state index contributed by atoms with van der Waals surface area (Å²) >= 11 is 0. The second-order valence-corrected chi connectivity index (χ2v) is 18.5. The van der Waals surface area contributed by atoms with Crippen molar-refractivity contribution >= 4 is 19.8 Å². The van der Waals surface area contributed by atoms with Gasteiger partial charge in [-0.1, -0.05) is 186 Å². The van der Waals surface area contributed by atoms with Crippen molar-refractivity contribution in [3.8, 4) is 0 Å². The van der Waals surface area contributed by atoms with Crippen LogP contribution in [0.4, 0.5) is 0 Å². The second-order valence-electron chi connectivity index (χ2n) is 17.1. The van der Waals surface area contributed by atoms with Crippen LogP contribution in [0.15, 0.2) is 38.0 Å². The van der Waals surface area contributed by atoms with E-state index in [4.69, 9.17) is 18.5 Å². The number of phosphoric ester groups is 1. The van der Waals surface area contributed by atoms with Crippen molar-refractivity contribution in [1.29, 1.82) is 0 Å². The van der Waals surface area contributed by atoms with Crippen LogP contribution in [0.1, 0.15) is 201 Å². The number of hydrogen-bond acceptors (Lipinski definition) is 9. The van der Waals surface area contributed by atoms with Crippen LogP contribution in [-0.4, -0.2) is 64.2 Å². The number of esters is 2. The van der Waals surface area contributed by atoms with Crippen LogP contribution < -0.4 is 0 Å². The minimum atomic E-state index is -4.99. The first-order valence-corrected chi connectivity index (χ1v) is 25.2. The summed E-state index contributed by atoms with van der Waals surface area (Å²) in [6.45, 7) is 16.2. The molecule has 0 bridgehead atoms. The fourth-order valence-corrected chi connectivity index (χ4v) is 9.38. The lowest BCUT2D eigenvalue weighted by Crippen LogP contribution is -2.63. The summed E-state index contributed by atoms with van der Waals surface area (Å²) in [7, 11) is -4.99. The van der Waals surface area contributed by atoms with Crippen LogP contribution >= 0.6 is 7.82 Å². The molecule has 0 aromatic heterocycles. The van der Waals surface area contributed by atoms with Crippen LogP contribution in [0.2, 0.25) is 0 Å². The van der Waals surface area contributed by atoms with Gasteiger partial charge in [-0.2, -0.15) is 0 Å². The average molecular weight is 855 g/mol. The minimum absolute atomic E-state index is 0.154. The molecule has 1 fully saturated rings. The highest BCUT2D eigenvalue weighted by Crippen LogP contribution is 2.54. The van der Waals surface area contributed by atoms with Crippen molar-refractivity contribution in [3.63, 3.8) is 0 Å². The fourth-order valence-electron chi connectivity index (χ4n) is 8.26. The maximum atomic E-state index is 13.4. The molecule has 10 nitrogen and oxygen atoms in total. The number of ether oxygens (including phenoxy) is 2. The number of aliphatic hydroxyl groups excluding tert-OH is 2. The minimum Gasteiger partial charge on any atom is -0.462 e. The molecule has 0 aromatic carbocycles. The molecule has 1 rings (SSSR count). The highest BCUT2D eigenvalue weighted by atomic mass is 31.2. The molecule has 0 spiro atoms. The lowest BCUT2D eigenvalue weighted by molar-refractivity contribution is -0.188. The molecule has 344 valence electrons. The number of carbonyl (C=O) groups is 2. The van der Waals surface area contributed by atoms with Gasteiger partial charge in [-0.25, -0.2) is 4.57 Å². The van der Waals surface area contributed by atoms with E-state index >= 15 is 0 Å². The Morgan fingerprint density at radius 3 is 1.27 bits per heavy atom. The zero-order chi connectivity index (χ0) is 43.8. The van der Waals surface area contributed by atoms with E-state index in [2.05, 4.69) is 33.6 Å². The summed E-state index contributed by atoms with van der Waals surface area (Å²) in [5.74, 6) is -2.75. The quantitative estimate of drug-likeness (QED) is 0.0236. The SMILES string of the molecule is C=CC1C(C=C)C(O)C(C)(OP(=O)(O)OC[C@@H](COC(=O)CCCCCCCCCCCCCCC)OC(=O)CCCCCCCCCCCCCCC)C(O)C1C=C. The Morgan fingerprint density at radius 1 is 0.576 bits per heavy atom. The van der Waals surface area contributed by atoms with E-state index < -0.39 is 68.0 Å². The fraction of sp³-hybridized carbons (Fsp3) is 0.833. The Hall–Kier alpha value is -1.81. The van der Waals surface area contributed by atoms with E-state index in [0.29, 0.717) is 12.8 Å². The lowest BCUT2D eigenvalue weighted by Gasteiger charge is -2.51. The van der Waals surface area contributed by atoms with Gasteiger partial charge in [0.15, 0.2) is 6.10 Å². The van der Waals surface area contributed by atoms with E-state index in [-0.39, 0.29) is 19.4 Å². The average Bonchev–Trinajstić information content (AvgIpc) is 3.21. The summed E-state index contributed by atoms with van der Waals surface area (Å²) < 4.78 is 35.3. The van der Waals surface area contributed by atoms with Crippen molar-refractivity contribution in [2.45, 2.75) is 224 Å². The third-order valence-electron chi connectivity index (χ3n) is 12.0. The summed E-state index contributed by atoms with van der Waals surface area (Å²) in [5, 5.41) is 22.5. The van der Waals surface area contributed by atoms with E-state index in [0.717, 1.165) is 38.5 Å². The van der Waals surface area contributed by atoms with Crippen LogP contribution in [0.3, 0.4) is 0 Å². The van der Waals surface area contributed by atoms with E-state index in [9.17, 15) is 29.3 Å². The highest BCUT2D eigenvalue weighted by molar-refractivity contribution is 7.47. The topological polar surface area (TPSA) is 149 Å². The monoisotopic (exact) mass is 855 g/mol. The van der Waals surface area contributed by atoms with Gasteiger partial charge in [0, 0.05) is 24.7 Å². The Bertz CT molecular complexity index is 1150. The molecular formula is C48H87O10P. The molecule has 5 unspecified atom stereocenters. The molecular weight excluding hydrogens is 767 g/mol. The van der Waals surface area contributed by atoms with Crippen molar-refractivity contribution in [3.05, 3.63) is 38.0 Å². The van der Waals surface area contributed by atoms with Crippen LogP contribution in [0, 0.1) is 17.8 Å². The molecule has 0 saturated heterocycles. The normalized spacial score (nSPS) is 23.3. The molecule has 0 radical (unpaired) electrons. The van der Waals surface area contributed by atoms with Crippen molar-refractivity contribution < 1.29 is 47.8 Å². The van der Waals surface area contributed by atoms with Gasteiger partial charge in [0.25, 0.3) is 0 Å². The molecule has 11 heteroatoms. The summed E-state index contributed by atoms with van der Waals surface area (Å²) in [6.07, 6.45) is 31.7. The number of hydrogen-bond donors (Lipinski definition) is 3. The van der Waals surface area contributed by atoms with E-state index in [1.165, 1.54) is 135 Å². The zero-order valence-corrected chi connectivity index (χ0v) is 38.6. The summed E-state index contributed by atoms with van der Waals surface area (Å²) in [4.78, 5) is 36.5. The molecule has 1 saturated carbocycles. The molecule has 0 aromatic rings. The van der Waals surface area contributed by atoms with Gasteiger partial charge in [0.1, 0.15) is 12.2 Å². The molecule has 0 aliphatic heterocycles. The first-order chi connectivity index (χ1) is 28.4. The third-order valence-corrected chi connectivity index (χ3v) is 13.1. The largest absolute Gasteiger partial charge is 0.473 e. The molecule has 59 heavy (non-hydrogen) atoms. The smallest absolute Gasteiger partial charge is 0.462 e. The Labute approximate surface area is 360 Å².